The number of carbonyl (C=O) groups excluding carboxylic acids is 1. The Labute approximate surface area is 159 Å². The smallest absolute Gasteiger partial charge is 0.306 e. The summed E-state index contributed by atoms with van der Waals surface area (Å²) >= 11 is 0. The number of carbonyl (C=O) groups is 1. The lowest BCUT2D eigenvalue weighted by molar-refractivity contribution is -0.140. The van der Waals surface area contributed by atoms with E-state index in [2.05, 4.69) is 9.97 Å². The lowest BCUT2D eigenvalue weighted by atomic mass is 9.88. The van der Waals surface area contributed by atoms with Crippen LogP contribution in [0.1, 0.15) is 29.2 Å². The van der Waals surface area contributed by atoms with Crippen LogP contribution in [-0.2, 0) is 9.53 Å². The van der Waals surface area contributed by atoms with Gasteiger partial charge in [0.1, 0.15) is 11.5 Å². The van der Waals surface area contributed by atoms with E-state index >= 15 is 0 Å². The Morgan fingerprint density at radius 1 is 1.11 bits per heavy atom. The van der Waals surface area contributed by atoms with Gasteiger partial charge in [0.05, 0.1) is 31.7 Å². The van der Waals surface area contributed by atoms with Crippen LogP contribution in [0.5, 0.6) is 11.5 Å². The third kappa shape index (κ3) is 3.62. The van der Waals surface area contributed by atoms with Gasteiger partial charge < -0.3 is 24.5 Å². The van der Waals surface area contributed by atoms with Crippen molar-refractivity contribution in [2.75, 3.05) is 14.2 Å². The molecule has 8 nitrogen and oxygen atoms in total. The summed E-state index contributed by atoms with van der Waals surface area (Å²) < 4.78 is 9.88. The first-order valence-electron chi connectivity index (χ1n) is 8.54. The highest BCUT2D eigenvalue weighted by Crippen LogP contribution is 2.31. The number of benzene rings is 1. The fourth-order valence-electron chi connectivity index (χ4n) is 3.22. The molecule has 0 radical (unpaired) electrons. The van der Waals surface area contributed by atoms with Crippen LogP contribution in [0.4, 0.5) is 0 Å². The zero-order valence-corrected chi connectivity index (χ0v) is 15.7. The Balaban J connectivity index is 2.24. The predicted molar refractivity (Wildman–Crippen MR) is 103 cm³/mol. The average molecular weight is 384 g/mol. The number of pyridine rings is 2. The molecule has 1 aromatic carbocycles. The summed E-state index contributed by atoms with van der Waals surface area (Å²) in [5.74, 6) is -1.30. The average Bonchev–Trinajstić information content (AvgIpc) is 2.65. The van der Waals surface area contributed by atoms with Crippen molar-refractivity contribution in [2.24, 2.45) is 0 Å². The van der Waals surface area contributed by atoms with Crippen molar-refractivity contribution in [3.8, 4) is 11.5 Å². The number of rotatable bonds is 5. The summed E-state index contributed by atoms with van der Waals surface area (Å²) in [7, 11) is 2.74. The van der Waals surface area contributed by atoms with Crippen molar-refractivity contribution in [2.45, 2.75) is 19.3 Å². The number of ether oxygens (including phenoxy) is 2. The Bertz CT molecular complexity index is 1160. The van der Waals surface area contributed by atoms with Crippen LogP contribution < -0.4 is 15.9 Å². The summed E-state index contributed by atoms with van der Waals surface area (Å²) in [6.07, 6.45) is -0.277. The number of aromatic hydroxyl groups is 1. The van der Waals surface area contributed by atoms with Gasteiger partial charge in [-0.15, -0.1) is 0 Å². The minimum atomic E-state index is -0.980. The van der Waals surface area contributed by atoms with Gasteiger partial charge in [0, 0.05) is 23.2 Å². The third-order valence-corrected chi connectivity index (χ3v) is 4.59. The number of aromatic amines is 2. The zero-order chi connectivity index (χ0) is 20.4. The van der Waals surface area contributed by atoms with E-state index in [0.29, 0.717) is 22.3 Å². The molecule has 0 bridgehead atoms. The fourth-order valence-corrected chi connectivity index (χ4v) is 3.22. The molecule has 0 saturated heterocycles. The Kier molecular flexibility index (Phi) is 5.21. The summed E-state index contributed by atoms with van der Waals surface area (Å²) in [5.41, 5.74) is 0.0753. The van der Waals surface area contributed by atoms with Crippen molar-refractivity contribution in [3.63, 3.8) is 0 Å². The van der Waals surface area contributed by atoms with E-state index in [9.17, 15) is 19.5 Å². The van der Waals surface area contributed by atoms with Crippen molar-refractivity contribution < 1.29 is 19.4 Å². The maximum Gasteiger partial charge on any atom is 0.306 e. The van der Waals surface area contributed by atoms with Gasteiger partial charge in [-0.2, -0.15) is 0 Å². The summed E-state index contributed by atoms with van der Waals surface area (Å²) in [4.78, 5) is 42.6. The second-order valence-electron chi connectivity index (χ2n) is 6.42. The van der Waals surface area contributed by atoms with E-state index in [1.54, 1.807) is 31.2 Å². The number of esters is 1. The molecule has 3 N–H and O–H groups in total. The van der Waals surface area contributed by atoms with Crippen molar-refractivity contribution >= 4 is 16.9 Å². The van der Waals surface area contributed by atoms with Crippen LogP contribution in [0.3, 0.4) is 0 Å². The van der Waals surface area contributed by atoms with Crippen LogP contribution in [-0.4, -0.2) is 35.3 Å². The van der Waals surface area contributed by atoms with Crippen LogP contribution in [0.25, 0.3) is 10.9 Å². The second-order valence-corrected chi connectivity index (χ2v) is 6.42. The standard InChI is InChI=1S/C20H20N2O6/c1-10-6-16(23)18(20(26)21-10)13(9-17(24)28-3)14-7-11-4-5-12(27-2)8-15(11)22-19(14)25/h4-8,13H,9H2,1-3H3,(H,22,25)(H2,21,23,26). The topological polar surface area (TPSA) is 121 Å². The monoisotopic (exact) mass is 384 g/mol. The highest BCUT2D eigenvalue weighted by molar-refractivity contribution is 5.81. The minimum absolute atomic E-state index is 0.0608. The molecule has 1 atom stereocenters. The minimum Gasteiger partial charge on any atom is -0.507 e. The molecule has 0 saturated carbocycles. The van der Waals surface area contributed by atoms with Gasteiger partial charge in [0.2, 0.25) is 0 Å². The molecule has 0 fully saturated rings. The number of aromatic nitrogens is 2. The van der Waals surface area contributed by atoms with Crippen molar-refractivity contribution in [3.05, 3.63) is 67.9 Å². The fraction of sp³-hybridized carbons (Fsp3) is 0.250. The van der Waals surface area contributed by atoms with Gasteiger partial charge in [0.25, 0.3) is 11.1 Å². The summed E-state index contributed by atoms with van der Waals surface area (Å²) in [6, 6.07) is 8.13. The molecule has 2 heterocycles. The first-order chi connectivity index (χ1) is 13.3. The number of nitrogens with one attached hydrogen (secondary N) is 2. The second kappa shape index (κ2) is 7.59. The lowest BCUT2D eigenvalue weighted by Crippen LogP contribution is -2.25. The molecule has 0 aliphatic rings. The van der Waals surface area contributed by atoms with E-state index in [4.69, 9.17) is 9.47 Å². The maximum absolute atomic E-state index is 12.8. The number of hydrogen-bond donors (Lipinski definition) is 3. The van der Waals surface area contributed by atoms with Gasteiger partial charge in [-0.05, 0) is 36.6 Å². The van der Waals surface area contributed by atoms with Gasteiger partial charge >= 0.3 is 5.97 Å². The molecule has 0 amide bonds. The molecular weight excluding hydrogens is 364 g/mol. The molecule has 0 aliphatic carbocycles. The van der Waals surface area contributed by atoms with Crippen LogP contribution in [0.2, 0.25) is 0 Å². The van der Waals surface area contributed by atoms with E-state index in [-0.39, 0.29) is 23.3 Å². The van der Waals surface area contributed by atoms with Gasteiger partial charge in [-0.25, -0.2) is 0 Å². The highest BCUT2D eigenvalue weighted by atomic mass is 16.5. The summed E-state index contributed by atoms with van der Waals surface area (Å²) in [6.45, 7) is 1.62. The first-order valence-corrected chi connectivity index (χ1v) is 8.54. The molecular formula is C20H20N2O6. The number of hydrogen-bond acceptors (Lipinski definition) is 6. The maximum atomic E-state index is 12.8. The molecule has 1 unspecified atom stereocenters. The van der Waals surface area contributed by atoms with E-state index in [0.717, 1.165) is 0 Å². The zero-order valence-electron chi connectivity index (χ0n) is 15.7. The largest absolute Gasteiger partial charge is 0.507 e. The van der Waals surface area contributed by atoms with Crippen LogP contribution in [0.15, 0.2) is 39.9 Å². The van der Waals surface area contributed by atoms with Crippen molar-refractivity contribution in [1.29, 1.82) is 0 Å². The lowest BCUT2D eigenvalue weighted by Gasteiger charge is -2.17. The quantitative estimate of drug-likeness (QED) is 0.578. The highest BCUT2D eigenvalue weighted by Gasteiger charge is 2.27. The van der Waals surface area contributed by atoms with Crippen LogP contribution >= 0.6 is 0 Å². The number of fused-ring (bicyclic) bond motifs is 1. The SMILES string of the molecule is COC(=O)CC(c1cc2ccc(OC)cc2[nH]c1=O)c1c(O)cc(C)[nH]c1=O. The molecule has 2 aromatic heterocycles. The molecule has 3 rings (SSSR count). The third-order valence-electron chi connectivity index (χ3n) is 4.59. The number of methoxy groups -OCH3 is 2. The van der Waals surface area contributed by atoms with E-state index in [1.165, 1.54) is 20.3 Å². The Morgan fingerprint density at radius 3 is 2.50 bits per heavy atom. The Hall–Kier alpha value is -3.55. The predicted octanol–water partition coefficient (Wildman–Crippen LogP) is 1.93. The first kappa shape index (κ1) is 19.2. The van der Waals surface area contributed by atoms with Gasteiger partial charge in [-0.3, -0.25) is 14.4 Å². The van der Waals surface area contributed by atoms with Crippen LogP contribution in [0, 0.1) is 6.92 Å². The Morgan fingerprint density at radius 2 is 1.86 bits per heavy atom. The van der Waals surface area contributed by atoms with E-state index < -0.39 is 23.0 Å². The molecule has 8 heteroatoms. The van der Waals surface area contributed by atoms with Crippen molar-refractivity contribution in [1.82, 2.24) is 9.97 Å². The number of H-pyrrole nitrogens is 2. The van der Waals surface area contributed by atoms with Gasteiger partial charge in [-0.1, -0.05) is 0 Å². The molecule has 0 spiro atoms. The molecule has 146 valence electrons. The summed E-state index contributed by atoms with van der Waals surface area (Å²) in [5, 5.41) is 11.0. The van der Waals surface area contributed by atoms with Gasteiger partial charge in [0.15, 0.2) is 0 Å². The number of aryl methyl sites for hydroxylation is 1. The molecule has 0 aliphatic heterocycles. The molecule has 28 heavy (non-hydrogen) atoms. The normalized spacial score (nSPS) is 12.0. The molecule has 3 aromatic rings. The van der Waals surface area contributed by atoms with E-state index in [1.807, 2.05) is 0 Å².